The fourth-order valence-electron chi connectivity index (χ4n) is 1.58. The molecule has 0 spiro atoms. The Morgan fingerprint density at radius 1 is 1.55 bits per heavy atom. The molecule has 1 atom stereocenters. The summed E-state index contributed by atoms with van der Waals surface area (Å²) in [5, 5.41) is 5.63. The van der Waals surface area contributed by atoms with E-state index in [1.807, 2.05) is 29.6 Å². The summed E-state index contributed by atoms with van der Waals surface area (Å²) in [6.45, 7) is 1.70. The van der Waals surface area contributed by atoms with Crippen LogP contribution < -0.4 is 5.32 Å². The third kappa shape index (κ3) is 3.56. The Bertz CT molecular complexity index is 600. The number of amides is 1. The third-order valence-electron chi connectivity index (χ3n) is 2.79. The summed E-state index contributed by atoms with van der Waals surface area (Å²) in [4.78, 5) is 16.2. The summed E-state index contributed by atoms with van der Waals surface area (Å²) in [6, 6.07) is 7.55. The molecule has 20 heavy (non-hydrogen) atoms. The number of carbonyl (C=O) groups excluding carboxylic acids is 1. The van der Waals surface area contributed by atoms with Gasteiger partial charge in [0.15, 0.2) is 0 Å². The average molecular weight is 311 g/mol. The van der Waals surface area contributed by atoms with E-state index in [0.29, 0.717) is 5.88 Å². The maximum atomic E-state index is 11.8. The van der Waals surface area contributed by atoms with Crippen molar-refractivity contribution in [3.63, 3.8) is 0 Å². The highest BCUT2D eigenvalue weighted by Crippen LogP contribution is 2.26. The molecule has 0 fully saturated rings. The first kappa shape index (κ1) is 15.0. The summed E-state index contributed by atoms with van der Waals surface area (Å²) in [6.07, 6.45) is -0.485. The van der Waals surface area contributed by atoms with E-state index in [-0.39, 0.29) is 5.91 Å². The van der Waals surface area contributed by atoms with Gasteiger partial charge in [-0.3, -0.25) is 4.79 Å². The Balaban J connectivity index is 2.17. The van der Waals surface area contributed by atoms with Gasteiger partial charge in [-0.2, -0.15) is 0 Å². The highest BCUT2D eigenvalue weighted by Gasteiger charge is 2.12. The first-order valence-electron chi connectivity index (χ1n) is 6.08. The lowest BCUT2D eigenvalue weighted by atomic mass is 10.2. The minimum absolute atomic E-state index is 0.176. The van der Waals surface area contributed by atoms with E-state index in [9.17, 15) is 4.79 Å². The lowest BCUT2D eigenvalue weighted by molar-refractivity contribution is -0.124. The first-order valence-corrected chi connectivity index (χ1v) is 7.50. The van der Waals surface area contributed by atoms with E-state index < -0.39 is 6.10 Å². The molecule has 1 aromatic heterocycles. The molecule has 106 valence electrons. The van der Waals surface area contributed by atoms with Crippen molar-refractivity contribution >= 4 is 34.5 Å². The Hall–Kier alpha value is -1.43. The Morgan fingerprint density at radius 2 is 2.35 bits per heavy atom. The molecule has 0 aliphatic carbocycles. The van der Waals surface area contributed by atoms with E-state index in [1.54, 1.807) is 6.92 Å². The third-order valence-corrected chi connectivity index (χ3v) is 4.00. The van der Waals surface area contributed by atoms with Gasteiger partial charge in [0.1, 0.15) is 11.1 Å². The number of hydrogen-bond acceptors (Lipinski definition) is 4. The van der Waals surface area contributed by atoms with Crippen LogP contribution in [0.5, 0.6) is 0 Å². The summed E-state index contributed by atoms with van der Waals surface area (Å²) >= 11 is 7.28. The van der Waals surface area contributed by atoms with Gasteiger partial charge in [-0.1, -0.05) is 12.1 Å². The molecule has 1 amide bonds. The second-order valence-electron chi connectivity index (χ2n) is 4.23. The number of nitrogens with one attached hydrogen (secondary N) is 1. The van der Waals surface area contributed by atoms with Crippen LogP contribution in [-0.4, -0.2) is 24.1 Å². The minimum atomic E-state index is -0.485. The largest absolute Gasteiger partial charge is 0.372 e. The van der Waals surface area contributed by atoms with Gasteiger partial charge in [-0.15, -0.1) is 22.9 Å². The number of nitrogens with zero attached hydrogens (tertiary/aromatic N) is 1. The van der Waals surface area contributed by atoms with Crippen molar-refractivity contribution in [3.05, 3.63) is 35.3 Å². The molecule has 0 radical (unpaired) electrons. The van der Waals surface area contributed by atoms with Crippen LogP contribution in [0.15, 0.2) is 29.6 Å². The van der Waals surface area contributed by atoms with E-state index in [1.165, 1.54) is 18.4 Å². The standard InChI is InChI=1S/C14H15ClN2O2S/c1-9(19-2)13(18)16-11-5-3-4-10(6-11)14-17-12(7-15)8-20-14/h3-6,8-9H,7H2,1-2H3,(H,16,18). The number of rotatable bonds is 5. The number of carbonyl (C=O) groups is 1. The van der Waals surface area contributed by atoms with Gasteiger partial charge in [0.25, 0.3) is 5.91 Å². The van der Waals surface area contributed by atoms with Gasteiger partial charge in [0.2, 0.25) is 0 Å². The predicted octanol–water partition coefficient (Wildman–Crippen LogP) is 3.52. The monoisotopic (exact) mass is 310 g/mol. The fraction of sp³-hybridized carbons (Fsp3) is 0.286. The molecule has 4 nitrogen and oxygen atoms in total. The number of halogens is 1. The van der Waals surface area contributed by atoms with Gasteiger partial charge in [-0.05, 0) is 19.1 Å². The molecule has 1 unspecified atom stereocenters. The normalized spacial score (nSPS) is 12.2. The van der Waals surface area contributed by atoms with Gasteiger partial charge < -0.3 is 10.1 Å². The molecule has 0 saturated carbocycles. The van der Waals surface area contributed by atoms with E-state index in [4.69, 9.17) is 16.3 Å². The molecule has 1 N–H and O–H groups in total. The molecule has 2 rings (SSSR count). The number of ether oxygens (including phenoxy) is 1. The van der Waals surface area contributed by atoms with Gasteiger partial charge in [0, 0.05) is 23.7 Å². The lowest BCUT2D eigenvalue weighted by Gasteiger charge is -2.10. The van der Waals surface area contributed by atoms with E-state index >= 15 is 0 Å². The molecule has 6 heteroatoms. The van der Waals surface area contributed by atoms with Crippen LogP contribution in [0, 0.1) is 0 Å². The van der Waals surface area contributed by atoms with Crippen molar-refractivity contribution in [3.8, 4) is 10.6 Å². The minimum Gasteiger partial charge on any atom is -0.372 e. The van der Waals surface area contributed by atoms with Crippen LogP contribution in [0.2, 0.25) is 0 Å². The fourth-order valence-corrected chi connectivity index (χ4v) is 2.63. The SMILES string of the molecule is COC(C)C(=O)Nc1cccc(-c2nc(CCl)cs2)c1. The number of alkyl halides is 1. The average Bonchev–Trinajstić information content (AvgIpc) is 2.95. The molecule has 2 aromatic rings. The number of hydrogen-bond donors (Lipinski definition) is 1. The summed E-state index contributed by atoms with van der Waals surface area (Å²) < 4.78 is 4.98. The highest BCUT2D eigenvalue weighted by atomic mass is 35.5. The van der Waals surface area contributed by atoms with E-state index in [2.05, 4.69) is 10.3 Å². The number of anilines is 1. The number of aromatic nitrogens is 1. The zero-order valence-electron chi connectivity index (χ0n) is 11.2. The zero-order valence-corrected chi connectivity index (χ0v) is 12.8. The van der Waals surface area contributed by atoms with E-state index in [0.717, 1.165) is 22.0 Å². The molecule has 1 aromatic carbocycles. The van der Waals surface area contributed by atoms with Crippen molar-refractivity contribution < 1.29 is 9.53 Å². The molecule has 1 heterocycles. The summed E-state index contributed by atoms with van der Waals surface area (Å²) in [7, 11) is 1.50. The molecule has 0 saturated heterocycles. The molecule has 0 aliphatic heterocycles. The maximum absolute atomic E-state index is 11.8. The smallest absolute Gasteiger partial charge is 0.253 e. The topological polar surface area (TPSA) is 51.2 Å². The Kier molecular flexibility index (Phi) is 5.11. The van der Waals surface area contributed by atoms with Gasteiger partial charge >= 0.3 is 0 Å². The van der Waals surface area contributed by atoms with Crippen molar-refractivity contribution in [1.29, 1.82) is 0 Å². The highest BCUT2D eigenvalue weighted by molar-refractivity contribution is 7.13. The van der Waals surface area contributed by atoms with Crippen molar-refractivity contribution in [2.75, 3.05) is 12.4 Å². The second-order valence-corrected chi connectivity index (χ2v) is 5.35. The Morgan fingerprint density at radius 3 is 3.00 bits per heavy atom. The second kappa shape index (κ2) is 6.83. The summed E-state index contributed by atoms with van der Waals surface area (Å²) in [5.74, 6) is 0.225. The number of thiazole rings is 1. The number of benzene rings is 1. The molecular weight excluding hydrogens is 296 g/mol. The number of methoxy groups -OCH3 is 1. The first-order chi connectivity index (χ1) is 9.63. The van der Waals surface area contributed by atoms with Crippen LogP contribution in [0.4, 0.5) is 5.69 Å². The van der Waals surface area contributed by atoms with Crippen LogP contribution in [-0.2, 0) is 15.4 Å². The van der Waals surface area contributed by atoms with Crippen LogP contribution in [0.25, 0.3) is 10.6 Å². The molecule has 0 aliphatic rings. The maximum Gasteiger partial charge on any atom is 0.253 e. The predicted molar refractivity (Wildman–Crippen MR) is 82.2 cm³/mol. The Labute approximate surface area is 126 Å². The van der Waals surface area contributed by atoms with Gasteiger partial charge in [0.05, 0.1) is 11.6 Å². The molecular formula is C14H15ClN2O2S. The lowest BCUT2D eigenvalue weighted by Crippen LogP contribution is -2.26. The molecule has 0 bridgehead atoms. The quantitative estimate of drug-likeness (QED) is 0.860. The van der Waals surface area contributed by atoms with Crippen LogP contribution in [0.1, 0.15) is 12.6 Å². The summed E-state index contributed by atoms with van der Waals surface area (Å²) in [5.41, 5.74) is 2.53. The van der Waals surface area contributed by atoms with Gasteiger partial charge in [-0.25, -0.2) is 4.98 Å². The van der Waals surface area contributed by atoms with Crippen LogP contribution >= 0.6 is 22.9 Å². The van der Waals surface area contributed by atoms with Crippen molar-refractivity contribution in [1.82, 2.24) is 4.98 Å². The van der Waals surface area contributed by atoms with Crippen LogP contribution in [0.3, 0.4) is 0 Å². The van der Waals surface area contributed by atoms with Crippen molar-refractivity contribution in [2.45, 2.75) is 18.9 Å². The van der Waals surface area contributed by atoms with Crippen molar-refractivity contribution in [2.24, 2.45) is 0 Å². The zero-order chi connectivity index (χ0) is 14.5.